The summed E-state index contributed by atoms with van der Waals surface area (Å²) in [6.45, 7) is 7.14. The summed E-state index contributed by atoms with van der Waals surface area (Å²) in [4.78, 5) is 24.2. The van der Waals surface area contributed by atoms with Crippen LogP contribution in [0.2, 0.25) is 0 Å². The summed E-state index contributed by atoms with van der Waals surface area (Å²) < 4.78 is 0. The summed E-state index contributed by atoms with van der Waals surface area (Å²) in [6.07, 6.45) is 2.44. The van der Waals surface area contributed by atoms with E-state index in [1.54, 1.807) is 20.8 Å². The molecule has 1 amide bonds. The number of carboxylic acids is 1. The molecule has 0 aromatic carbocycles. The predicted molar refractivity (Wildman–Crippen MR) is 66.6 cm³/mol. The molecule has 0 aromatic rings. The number of hydrogen-bond donors (Lipinski definition) is 2. The van der Waals surface area contributed by atoms with E-state index in [0.29, 0.717) is 6.42 Å². The van der Waals surface area contributed by atoms with Gasteiger partial charge < -0.3 is 15.7 Å². The predicted octanol–water partition coefficient (Wildman–Crippen LogP) is 1.22. The largest absolute Gasteiger partial charge is 0.480 e. The first-order chi connectivity index (χ1) is 7.70. The van der Waals surface area contributed by atoms with Crippen LogP contribution in [0.3, 0.4) is 0 Å². The van der Waals surface area contributed by atoms with E-state index in [9.17, 15) is 9.59 Å². The first-order valence-electron chi connectivity index (χ1n) is 5.99. The first kappa shape index (κ1) is 15.9. The van der Waals surface area contributed by atoms with E-state index in [-0.39, 0.29) is 12.5 Å². The van der Waals surface area contributed by atoms with E-state index in [2.05, 4.69) is 0 Å². The Bertz CT molecular complexity index is 271. The van der Waals surface area contributed by atoms with E-state index in [1.165, 1.54) is 4.90 Å². The van der Waals surface area contributed by atoms with Crippen molar-refractivity contribution in [3.05, 3.63) is 0 Å². The van der Waals surface area contributed by atoms with Crippen molar-refractivity contribution in [1.29, 1.82) is 0 Å². The van der Waals surface area contributed by atoms with Crippen molar-refractivity contribution in [1.82, 2.24) is 4.90 Å². The third-order valence-corrected chi connectivity index (χ3v) is 2.56. The number of aliphatic carboxylic acids is 1. The average molecular weight is 244 g/mol. The molecule has 0 fully saturated rings. The van der Waals surface area contributed by atoms with Crippen molar-refractivity contribution in [2.75, 3.05) is 6.54 Å². The molecule has 0 radical (unpaired) electrons. The second-order valence-corrected chi connectivity index (χ2v) is 5.24. The zero-order valence-electron chi connectivity index (χ0n) is 11.2. The quantitative estimate of drug-likeness (QED) is 0.735. The van der Waals surface area contributed by atoms with Gasteiger partial charge in [0.2, 0.25) is 5.91 Å². The van der Waals surface area contributed by atoms with Crippen molar-refractivity contribution in [3.8, 4) is 0 Å². The molecule has 0 aliphatic carbocycles. The first-order valence-corrected chi connectivity index (χ1v) is 5.99. The molecule has 17 heavy (non-hydrogen) atoms. The van der Waals surface area contributed by atoms with Gasteiger partial charge in [0.05, 0.1) is 6.04 Å². The van der Waals surface area contributed by atoms with E-state index in [0.717, 1.165) is 12.8 Å². The van der Waals surface area contributed by atoms with Crippen molar-refractivity contribution < 1.29 is 14.7 Å². The minimum atomic E-state index is -1.02. The lowest BCUT2D eigenvalue weighted by molar-refractivity contribution is -0.149. The van der Waals surface area contributed by atoms with Gasteiger partial charge in [-0.3, -0.25) is 9.59 Å². The van der Waals surface area contributed by atoms with E-state index in [1.807, 2.05) is 6.92 Å². The Morgan fingerprint density at radius 3 is 2.24 bits per heavy atom. The SMILES string of the molecule is CCCC[C@H](N)C(=O)N(CC(=O)O)C(C)(C)C. The molecule has 0 saturated heterocycles. The summed E-state index contributed by atoms with van der Waals surface area (Å²) in [5.41, 5.74) is 5.26. The fraction of sp³-hybridized carbons (Fsp3) is 0.833. The van der Waals surface area contributed by atoms with Crippen LogP contribution in [0.15, 0.2) is 0 Å². The van der Waals surface area contributed by atoms with Gasteiger partial charge in [-0.1, -0.05) is 19.8 Å². The zero-order valence-corrected chi connectivity index (χ0v) is 11.2. The smallest absolute Gasteiger partial charge is 0.323 e. The number of rotatable bonds is 6. The normalized spacial score (nSPS) is 13.2. The van der Waals surface area contributed by atoms with Gasteiger partial charge in [0.1, 0.15) is 6.54 Å². The number of nitrogens with zero attached hydrogens (tertiary/aromatic N) is 1. The minimum absolute atomic E-state index is 0.284. The Labute approximate surface area is 103 Å². The van der Waals surface area contributed by atoms with Crippen molar-refractivity contribution >= 4 is 11.9 Å². The molecule has 0 heterocycles. The molecule has 5 nitrogen and oxygen atoms in total. The molecule has 0 aliphatic heterocycles. The summed E-state index contributed by atoms with van der Waals surface area (Å²) in [5, 5.41) is 8.82. The number of hydrogen-bond acceptors (Lipinski definition) is 3. The molecule has 0 aromatic heterocycles. The highest BCUT2D eigenvalue weighted by Crippen LogP contribution is 2.15. The molecule has 0 saturated carbocycles. The Morgan fingerprint density at radius 2 is 1.88 bits per heavy atom. The van der Waals surface area contributed by atoms with Crippen LogP contribution in [0.1, 0.15) is 47.0 Å². The number of carboxylic acid groups (broad SMARTS) is 1. The van der Waals surface area contributed by atoms with Crippen LogP contribution in [0, 0.1) is 0 Å². The highest BCUT2D eigenvalue weighted by Gasteiger charge is 2.31. The van der Waals surface area contributed by atoms with Crippen LogP contribution < -0.4 is 5.73 Å². The molecular formula is C12H24N2O3. The Balaban J connectivity index is 4.69. The topological polar surface area (TPSA) is 83.6 Å². The Hall–Kier alpha value is -1.10. The van der Waals surface area contributed by atoms with E-state index < -0.39 is 17.6 Å². The lowest BCUT2D eigenvalue weighted by Gasteiger charge is -2.36. The number of carbonyl (C=O) groups is 2. The van der Waals surface area contributed by atoms with Gasteiger partial charge in [-0.15, -0.1) is 0 Å². The molecule has 1 atom stereocenters. The van der Waals surface area contributed by atoms with Crippen LogP contribution in [0.5, 0.6) is 0 Å². The van der Waals surface area contributed by atoms with Gasteiger partial charge >= 0.3 is 5.97 Å². The lowest BCUT2D eigenvalue weighted by Crippen LogP contribution is -2.54. The third-order valence-electron chi connectivity index (χ3n) is 2.56. The maximum Gasteiger partial charge on any atom is 0.323 e. The summed E-state index contributed by atoms with van der Waals surface area (Å²) in [7, 11) is 0. The molecule has 5 heteroatoms. The molecule has 0 unspecified atom stereocenters. The van der Waals surface area contributed by atoms with Crippen LogP contribution in [0.4, 0.5) is 0 Å². The Kier molecular flexibility index (Phi) is 6.16. The van der Waals surface area contributed by atoms with E-state index >= 15 is 0 Å². The molecule has 100 valence electrons. The lowest BCUT2D eigenvalue weighted by atomic mass is 10.0. The van der Waals surface area contributed by atoms with Crippen molar-refractivity contribution in [2.45, 2.75) is 58.5 Å². The van der Waals surface area contributed by atoms with E-state index in [4.69, 9.17) is 10.8 Å². The van der Waals surface area contributed by atoms with Gasteiger partial charge in [0.25, 0.3) is 0 Å². The Morgan fingerprint density at radius 1 is 1.35 bits per heavy atom. The number of amides is 1. The standard InChI is InChI=1S/C12H24N2O3/c1-5-6-7-9(13)11(17)14(8-10(15)16)12(2,3)4/h9H,5-8,13H2,1-4H3,(H,15,16)/t9-/m0/s1. The second-order valence-electron chi connectivity index (χ2n) is 5.24. The van der Waals surface area contributed by atoms with Crippen LogP contribution >= 0.6 is 0 Å². The van der Waals surface area contributed by atoms with Crippen molar-refractivity contribution in [2.24, 2.45) is 5.73 Å². The third kappa shape index (κ3) is 5.68. The number of nitrogens with two attached hydrogens (primary N) is 1. The number of carbonyl (C=O) groups excluding carboxylic acids is 1. The highest BCUT2D eigenvalue weighted by molar-refractivity contribution is 5.85. The van der Waals surface area contributed by atoms with Crippen LogP contribution in [0.25, 0.3) is 0 Å². The van der Waals surface area contributed by atoms with Gasteiger partial charge in [-0.2, -0.15) is 0 Å². The molecule has 0 bridgehead atoms. The molecule has 3 N–H and O–H groups in total. The molecule has 0 spiro atoms. The minimum Gasteiger partial charge on any atom is -0.480 e. The zero-order chi connectivity index (χ0) is 13.6. The average Bonchev–Trinajstić information content (AvgIpc) is 2.19. The summed E-state index contributed by atoms with van der Waals surface area (Å²) >= 11 is 0. The van der Waals surface area contributed by atoms with Gasteiger partial charge in [-0.25, -0.2) is 0 Å². The van der Waals surface area contributed by atoms with Crippen LogP contribution in [-0.4, -0.2) is 40.0 Å². The van der Waals surface area contributed by atoms with Gasteiger partial charge in [0.15, 0.2) is 0 Å². The second kappa shape index (κ2) is 6.59. The molecular weight excluding hydrogens is 220 g/mol. The monoisotopic (exact) mass is 244 g/mol. The highest BCUT2D eigenvalue weighted by atomic mass is 16.4. The van der Waals surface area contributed by atoms with Crippen LogP contribution in [-0.2, 0) is 9.59 Å². The summed E-state index contributed by atoms with van der Waals surface area (Å²) in [5.74, 6) is -1.30. The summed E-state index contributed by atoms with van der Waals surface area (Å²) in [6, 6.07) is -0.603. The van der Waals surface area contributed by atoms with Crippen molar-refractivity contribution in [3.63, 3.8) is 0 Å². The molecule has 0 aliphatic rings. The maximum atomic E-state index is 12.1. The fourth-order valence-electron chi connectivity index (χ4n) is 1.53. The maximum absolute atomic E-state index is 12.1. The van der Waals surface area contributed by atoms with Gasteiger partial charge in [0, 0.05) is 5.54 Å². The molecule has 0 rings (SSSR count). The van der Waals surface area contributed by atoms with Gasteiger partial charge in [-0.05, 0) is 27.2 Å². The number of unbranched alkanes of at least 4 members (excludes halogenated alkanes) is 1. The fourth-order valence-corrected chi connectivity index (χ4v) is 1.53.